The largest absolute Gasteiger partial charge is 0.356 e. The Morgan fingerprint density at radius 2 is 1.86 bits per heavy atom. The zero-order chi connectivity index (χ0) is 15.1. The summed E-state index contributed by atoms with van der Waals surface area (Å²) in [5.41, 5.74) is 0. The third kappa shape index (κ3) is 6.25. The first-order chi connectivity index (χ1) is 10.2. The van der Waals surface area contributed by atoms with Gasteiger partial charge in [-0.05, 0) is 38.0 Å². The standard InChI is InChI=1S/C17H34N4/c1-14(2)6-4-5-11-19-17(18-3)20-15-9-12-21(13-10-15)16-7-8-16/h14-16H,4-13H2,1-3H3,(H2,18,19,20). The van der Waals surface area contributed by atoms with E-state index >= 15 is 0 Å². The van der Waals surface area contributed by atoms with E-state index in [9.17, 15) is 0 Å². The van der Waals surface area contributed by atoms with Crippen molar-refractivity contribution >= 4 is 5.96 Å². The molecule has 0 amide bonds. The fourth-order valence-electron chi connectivity index (χ4n) is 3.12. The van der Waals surface area contributed by atoms with Gasteiger partial charge < -0.3 is 15.5 Å². The maximum Gasteiger partial charge on any atom is 0.191 e. The number of unbranched alkanes of at least 4 members (excludes halogenated alkanes) is 1. The molecule has 2 aliphatic rings. The van der Waals surface area contributed by atoms with Crippen LogP contribution >= 0.6 is 0 Å². The highest BCUT2D eigenvalue weighted by atomic mass is 15.2. The van der Waals surface area contributed by atoms with Crippen LogP contribution in [0.25, 0.3) is 0 Å². The summed E-state index contributed by atoms with van der Waals surface area (Å²) in [6.07, 6.45) is 9.23. The molecular weight excluding hydrogens is 260 g/mol. The van der Waals surface area contributed by atoms with E-state index in [1.807, 2.05) is 7.05 Å². The summed E-state index contributed by atoms with van der Waals surface area (Å²) >= 11 is 0. The molecule has 122 valence electrons. The quantitative estimate of drug-likeness (QED) is 0.431. The van der Waals surface area contributed by atoms with Gasteiger partial charge in [0.2, 0.25) is 0 Å². The normalized spacial score (nSPS) is 21.8. The molecule has 1 saturated heterocycles. The summed E-state index contributed by atoms with van der Waals surface area (Å²) < 4.78 is 0. The van der Waals surface area contributed by atoms with Crippen LogP contribution in [0.4, 0.5) is 0 Å². The average Bonchev–Trinajstić information content (AvgIpc) is 3.30. The van der Waals surface area contributed by atoms with Crippen molar-refractivity contribution in [3.05, 3.63) is 0 Å². The lowest BCUT2D eigenvalue weighted by atomic mass is 10.1. The predicted molar refractivity (Wildman–Crippen MR) is 90.8 cm³/mol. The number of aliphatic imine (C=N–C) groups is 1. The highest BCUT2D eigenvalue weighted by Crippen LogP contribution is 2.29. The molecule has 2 N–H and O–H groups in total. The van der Waals surface area contributed by atoms with Gasteiger partial charge in [0.25, 0.3) is 0 Å². The molecule has 0 atom stereocenters. The van der Waals surface area contributed by atoms with E-state index in [2.05, 4.69) is 34.4 Å². The van der Waals surface area contributed by atoms with E-state index in [4.69, 9.17) is 0 Å². The summed E-state index contributed by atoms with van der Waals surface area (Å²) in [6.45, 7) is 8.14. The van der Waals surface area contributed by atoms with E-state index in [1.165, 1.54) is 58.0 Å². The van der Waals surface area contributed by atoms with Crippen LogP contribution in [0.15, 0.2) is 4.99 Å². The maximum atomic E-state index is 4.36. The number of hydrogen-bond acceptors (Lipinski definition) is 2. The first-order valence-electron chi connectivity index (χ1n) is 8.90. The van der Waals surface area contributed by atoms with Crippen molar-refractivity contribution < 1.29 is 0 Å². The summed E-state index contributed by atoms with van der Waals surface area (Å²) in [5, 5.41) is 7.06. The Balaban J connectivity index is 1.57. The maximum absolute atomic E-state index is 4.36. The molecule has 21 heavy (non-hydrogen) atoms. The predicted octanol–water partition coefficient (Wildman–Crippen LogP) is 2.60. The van der Waals surface area contributed by atoms with Crippen LogP contribution in [0.3, 0.4) is 0 Å². The van der Waals surface area contributed by atoms with E-state index in [1.54, 1.807) is 0 Å². The van der Waals surface area contributed by atoms with Crippen LogP contribution in [-0.4, -0.2) is 49.6 Å². The molecular formula is C17H34N4. The Labute approximate surface area is 130 Å². The zero-order valence-electron chi connectivity index (χ0n) is 14.2. The summed E-state index contributed by atoms with van der Waals surface area (Å²) in [6, 6.07) is 1.52. The summed E-state index contributed by atoms with van der Waals surface area (Å²) in [4.78, 5) is 7.03. The van der Waals surface area contributed by atoms with Gasteiger partial charge >= 0.3 is 0 Å². The first-order valence-corrected chi connectivity index (χ1v) is 8.90. The molecule has 1 aliphatic heterocycles. The molecule has 0 radical (unpaired) electrons. The van der Waals surface area contributed by atoms with E-state index in [-0.39, 0.29) is 0 Å². The van der Waals surface area contributed by atoms with Crippen molar-refractivity contribution in [1.29, 1.82) is 0 Å². The number of hydrogen-bond donors (Lipinski definition) is 2. The molecule has 0 aromatic carbocycles. The highest BCUT2D eigenvalue weighted by Gasteiger charge is 2.31. The van der Waals surface area contributed by atoms with Crippen molar-refractivity contribution in [2.24, 2.45) is 10.9 Å². The van der Waals surface area contributed by atoms with Crippen molar-refractivity contribution in [3.63, 3.8) is 0 Å². The Hall–Kier alpha value is -0.770. The van der Waals surface area contributed by atoms with Gasteiger partial charge in [-0.15, -0.1) is 0 Å². The molecule has 2 rings (SSSR count). The second kappa shape index (κ2) is 8.62. The number of piperidine rings is 1. The average molecular weight is 294 g/mol. The fraction of sp³-hybridized carbons (Fsp3) is 0.941. The van der Waals surface area contributed by atoms with E-state index < -0.39 is 0 Å². The van der Waals surface area contributed by atoms with Crippen LogP contribution in [0.5, 0.6) is 0 Å². The van der Waals surface area contributed by atoms with Crippen molar-refractivity contribution in [1.82, 2.24) is 15.5 Å². The van der Waals surface area contributed by atoms with Crippen LogP contribution in [-0.2, 0) is 0 Å². The van der Waals surface area contributed by atoms with Crippen LogP contribution in [0, 0.1) is 5.92 Å². The van der Waals surface area contributed by atoms with Crippen molar-refractivity contribution in [2.45, 2.75) is 70.9 Å². The SMILES string of the molecule is CN=C(NCCCCC(C)C)NC1CCN(C2CC2)CC1. The van der Waals surface area contributed by atoms with Gasteiger partial charge in [-0.1, -0.05) is 26.7 Å². The van der Waals surface area contributed by atoms with Gasteiger partial charge in [-0.25, -0.2) is 0 Å². The molecule has 1 heterocycles. The molecule has 0 aromatic heterocycles. The molecule has 1 aliphatic carbocycles. The number of nitrogens with one attached hydrogen (secondary N) is 2. The number of guanidine groups is 1. The van der Waals surface area contributed by atoms with Gasteiger partial charge in [0, 0.05) is 38.8 Å². The van der Waals surface area contributed by atoms with Gasteiger partial charge in [-0.3, -0.25) is 4.99 Å². The smallest absolute Gasteiger partial charge is 0.191 e. The Kier molecular flexibility index (Phi) is 6.81. The van der Waals surface area contributed by atoms with Crippen LogP contribution < -0.4 is 10.6 Å². The van der Waals surface area contributed by atoms with Gasteiger partial charge in [-0.2, -0.15) is 0 Å². The van der Waals surface area contributed by atoms with E-state index in [0.29, 0.717) is 6.04 Å². The molecule has 4 heteroatoms. The Morgan fingerprint density at radius 3 is 2.43 bits per heavy atom. The zero-order valence-corrected chi connectivity index (χ0v) is 14.2. The van der Waals surface area contributed by atoms with Crippen molar-refractivity contribution in [3.8, 4) is 0 Å². The fourth-order valence-corrected chi connectivity index (χ4v) is 3.12. The lowest BCUT2D eigenvalue weighted by Crippen LogP contribution is -2.49. The number of nitrogens with zero attached hydrogens (tertiary/aromatic N) is 2. The summed E-state index contributed by atoms with van der Waals surface area (Å²) in [5.74, 6) is 1.81. The minimum atomic E-state index is 0.599. The third-order valence-corrected chi connectivity index (χ3v) is 4.66. The lowest BCUT2D eigenvalue weighted by Gasteiger charge is -2.33. The van der Waals surface area contributed by atoms with E-state index in [0.717, 1.165) is 24.5 Å². The number of rotatable bonds is 7. The molecule has 0 unspecified atom stereocenters. The minimum Gasteiger partial charge on any atom is -0.356 e. The molecule has 0 bridgehead atoms. The summed E-state index contributed by atoms with van der Waals surface area (Å²) in [7, 11) is 1.88. The van der Waals surface area contributed by atoms with Gasteiger partial charge in [0.05, 0.1) is 0 Å². The number of likely N-dealkylation sites (tertiary alicyclic amines) is 1. The van der Waals surface area contributed by atoms with Crippen LogP contribution in [0.2, 0.25) is 0 Å². The molecule has 2 fully saturated rings. The highest BCUT2D eigenvalue weighted by molar-refractivity contribution is 5.79. The second-order valence-corrected chi connectivity index (χ2v) is 7.07. The molecule has 1 saturated carbocycles. The lowest BCUT2D eigenvalue weighted by molar-refractivity contribution is 0.197. The molecule has 4 nitrogen and oxygen atoms in total. The van der Waals surface area contributed by atoms with Crippen LogP contribution in [0.1, 0.15) is 58.8 Å². The minimum absolute atomic E-state index is 0.599. The van der Waals surface area contributed by atoms with Gasteiger partial charge in [0.1, 0.15) is 0 Å². The third-order valence-electron chi connectivity index (χ3n) is 4.66. The molecule has 0 spiro atoms. The monoisotopic (exact) mass is 294 g/mol. The second-order valence-electron chi connectivity index (χ2n) is 7.07. The van der Waals surface area contributed by atoms with Crippen molar-refractivity contribution in [2.75, 3.05) is 26.7 Å². The first kappa shape index (κ1) is 16.6. The molecule has 0 aromatic rings. The van der Waals surface area contributed by atoms with Gasteiger partial charge in [0.15, 0.2) is 5.96 Å². The Morgan fingerprint density at radius 1 is 1.14 bits per heavy atom. The Bertz CT molecular complexity index is 315. The topological polar surface area (TPSA) is 39.7 Å².